The highest BCUT2D eigenvalue weighted by atomic mass is 79.9. The molecule has 0 saturated carbocycles. The van der Waals surface area contributed by atoms with Crippen molar-refractivity contribution >= 4 is 113 Å². The largest absolute Gasteiger partial charge is 0.213 e. The minimum Gasteiger partial charge on any atom is -0.213 e. The third-order valence-corrected chi connectivity index (χ3v) is 28.5. The molecule has 0 aromatic carbocycles. The van der Waals surface area contributed by atoms with Gasteiger partial charge in [0.15, 0.2) is 11.5 Å². The molecule has 12 heavy (non-hydrogen) atoms. The molecule has 1 heterocycles. The highest BCUT2D eigenvalue weighted by Crippen LogP contribution is 2.89. The zero-order chi connectivity index (χ0) is 9.52. The molecule has 0 aliphatic carbocycles. The van der Waals surface area contributed by atoms with Crippen LogP contribution in [0.5, 0.6) is 0 Å². The molecule has 0 spiro atoms. The standard InChI is InChI=1S/Br6N3P3/c1-8-10(3)7-12(5,6)9(2)11(8)4. The van der Waals surface area contributed by atoms with E-state index >= 15 is 0 Å². The van der Waals surface area contributed by atoms with E-state index in [4.69, 9.17) is 0 Å². The SMILES string of the molecule is BrN1P(Br)N=P(Br)(Br)N(Br)P1Br. The van der Waals surface area contributed by atoms with Crippen LogP contribution in [0.2, 0.25) is 0 Å². The van der Waals surface area contributed by atoms with E-state index in [0.717, 1.165) is 0 Å². The summed E-state index contributed by atoms with van der Waals surface area (Å²) in [6.45, 7) is -1.24. The van der Waals surface area contributed by atoms with Crippen LogP contribution >= 0.6 is 113 Å². The van der Waals surface area contributed by atoms with Gasteiger partial charge in [-0.1, -0.05) is 0 Å². The van der Waals surface area contributed by atoms with Crippen LogP contribution in [0.4, 0.5) is 0 Å². The molecule has 0 amide bonds. The molecular weight excluding hydrogens is 614 g/mol. The lowest BCUT2D eigenvalue weighted by atomic mass is 13.8. The number of nitrogens with zero attached hydrogens (tertiary/aromatic N) is 3. The van der Waals surface area contributed by atoms with Gasteiger partial charge >= 0.3 is 0 Å². The highest BCUT2D eigenvalue weighted by Gasteiger charge is 2.39. The maximum absolute atomic E-state index is 4.50. The van der Waals surface area contributed by atoms with Crippen LogP contribution in [0.15, 0.2) is 4.52 Å². The van der Waals surface area contributed by atoms with Crippen LogP contribution in [0.1, 0.15) is 0 Å². The van der Waals surface area contributed by atoms with Gasteiger partial charge in [-0.25, -0.2) is 4.52 Å². The van der Waals surface area contributed by atoms with Gasteiger partial charge in [-0.2, -0.15) is 0 Å². The minimum absolute atomic E-state index is 0.585. The average Bonchev–Trinajstić information content (AvgIpc) is 1.97. The Kier molecular flexibility index (Phi) is 6.38. The first kappa shape index (κ1) is 14.0. The maximum Gasteiger partial charge on any atom is 0.179 e. The molecule has 0 aromatic rings. The summed E-state index contributed by atoms with van der Waals surface area (Å²) in [6, 6.07) is 0. The van der Waals surface area contributed by atoms with Crippen molar-refractivity contribution in [3.8, 4) is 0 Å². The summed E-state index contributed by atoms with van der Waals surface area (Å²) in [5, 5.41) is 0. The van der Waals surface area contributed by atoms with Crippen LogP contribution < -0.4 is 0 Å². The van der Waals surface area contributed by atoms with Crippen LogP contribution in [0.3, 0.4) is 0 Å². The van der Waals surface area contributed by atoms with E-state index in [-0.39, 0.29) is 0 Å². The fourth-order valence-electron chi connectivity index (χ4n) is 0.365. The Hall–Kier alpha value is 3.89. The summed E-state index contributed by atoms with van der Waals surface area (Å²) in [6.07, 6.45) is 0. The van der Waals surface area contributed by atoms with Crippen molar-refractivity contribution < 1.29 is 0 Å². The molecule has 72 valence electrons. The van der Waals surface area contributed by atoms with Crippen molar-refractivity contribution in [2.24, 2.45) is 4.52 Å². The zero-order valence-corrected chi connectivity index (χ0v) is 17.2. The van der Waals surface area contributed by atoms with Crippen LogP contribution in [-0.4, -0.2) is 6.93 Å². The molecule has 1 rings (SSSR count). The van der Waals surface area contributed by atoms with Gasteiger partial charge in [-0.3, -0.25) is 0 Å². The van der Waals surface area contributed by atoms with Gasteiger partial charge in [0.05, 0.1) is 0 Å². The fraction of sp³-hybridized carbons (Fsp3) is 0. The van der Waals surface area contributed by atoms with Gasteiger partial charge < -0.3 is 0 Å². The molecular formula is Br6N3P3. The van der Waals surface area contributed by atoms with Gasteiger partial charge in [-0.05, 0) is 62.0 Å². The van der Waals surface area contributed by atoms with E-state index in [2.05, 4.69) is 98.8 Å². The first-order chi connectivity index (χ1) is 5.36. The third-order valence-electron chi connectivity index (χ3n) is 0.789. The molecule has 2 unspecified atom stereocenters. The smallest absolute Gasteiger partial charge is 0.179 e. The van der Waals surface area contributed by atoms with Crippen molar-refractivity contribution in [3.63, 3.8) is 0 Å². The molecule has 1 aliphatic heterocycles. The lowest BCUT2D eigenvalue weighted by Gasteiger charge is -2.35. The first-order valence-corrected chi connectivity index (χ1v) is 15.9. The van der Waals surface area contributed by atoms with Gasteiger partial charge in [0, 0.05) is 32.3 Å². The summed E-state index contributed by atoms with van der Waals surface area (Å²) in [4.78, 5) is 0. The van der Waals surface area contributed by atoms with Gasteiger partial charge in [0.25, 0.3) is 0 Å². The van der Waals surface area contributed by atoms with Crippen molar-refractivity contribution in [2.75, 3.05) is 0 Å². The van der Waals surface area contributed by atoms with E-state index in [0.29, 0.717) is 0 Å². The normalized spacial score (nSPS) is 37.8. The summed E-state index contributed by atoms with van der Waals surface area (Å²) in [5.74, 6) is 0. The molecule has 2 atom stereocenters. The van der Waals surface area contributed by atoms with Crippen LogP contribution in [-0.2, 0) is 0 Å². The van der Waals surface area contributed by atoms with Gasteiger partial charge in [0.2, 0.25) is 0 Å². The monoisotopic (exact) mass is 608 g/mol. The van der Waals surface area contributed by atoms with Crippen LogP contribution in [0.25, 0.3) is 0 Å². The second kappa shape index (κ2) is 5.48. The number of halogens is 6. The Morgan fingerprint density at radius 1 is 1.17 bits per heavy atom. The lowest BCUT2D eigenvalue weighted by molar-refractivity contribution is 1.13. The molecule has 0 fully saturated rings. The predicted octanol–water partition coefficient (Wildman–Crippen LogP) is 7.20. The fourth-order valence-corrected chi connectivity index (χ4v) is 27.0. The van der Waals surface area contributed by atoms with E-state index in [1.54, 1.807) is 0 Å². The Morgan fingerprint density at radius 3 is 2.17 bits per heavy atom. The quantitative estimate of drug-likeness (QED) is 0.212. The Balaban J connectivity index is 3.01. The summed E-state index contributed by atoms with van der Waals surface area (Å²) in [5.41, 5.74) is 0. The first-order valence-electron chi connectivity index (χ1n) is 2.21. The Bertz CT molecular complexity index is 224. The van der Waals surface area contributed by atoms with E-state index < -0.39 is 18.5 Å². The lowest BCUT2D eigenvalue weighted by Crippen LogP contribution is -2.03. The van der Waals surface area contributed by atoms with Crippen molar-refractivity contribution in [1.82, 2.24) is 6.93 Å². The topological polar surface area (TPSA) is 18.8 Å². The Morgan fingerprint density at radius 2 is 1.67 bits per heavy atom. The molecule has 0 radical (unpaired) electrons. The minimum atomic E-state index is -1.69. The summed E-state index contributed by atoms with van der Waals surface area (Å²) >= 11 is 21.0. The number of rotatable bonds is 0. The molecule has 0 aromatic heterocycles. The van der Waals surface area contributed by atoms with Crippen LogP contribution in [0, 0.1) is 0 Å². The molecule has 3 nitrogen and oxygen atoms in total. The molecule has 0 bridgehead atoms. The van der Waals surface area contributed by atoms with Gasteiger partial charge in [-0.15, -0.1) is 6.93 Å². The van der Waals surface area contributed by atoms with Crippen molar-refractivity contribution in [2.45, 2.75) is 0 Å². The predicted molar refractivity (Wildman–Crippen MR) is 80.4 cm³/mol. The summed E-state index contributed by atoms with van der Waals surface area (Å²) < 4.78 is 6.74. The Labute approximate surface area is 122 Å². The molecule has 12 heteroatoms. The average molecular weight is 614 g/mol. The zero-order valence-electron chi connectivity index (χ0n) is 4.95. The molecule has 1 aliphatic rings. The summed E-state index contributed by atoms with van der Waals surface area (Å²) in [7, 11) is 0. The third kappa shape index (κ3) is 3.19. The van der Waals surface area contributed by atoms with E-state index in [9.17, 15) is 0 Å². The highest BCUT2D eigenvalue weighted by molar-refractivity contribution is 9.72. The van der Waals surface area contributed by atoms with Gasteiger partial charge in [0.1, 0.15) is 6.93 Å². The molecule has 0 saturated heterocycles. The van der Waals surface area contributed by atoms with Crippen molar-refractivity contribution in [3.05, 3.63) is 0 Å². The maximum atomic E-state index is 4.50. The number of hydrogen-bond donors (Lipinski definition) is 0. The molecule has 0 N–H and O–H groups in total. The van der Waals surface area contributed by atoms with Crippen molar-refractivity contribution in [1.29, 1.82) is 0 Å². The second-order valence-corrected chi connectivity index (χ2v) is 22.5. The van der Waals surface area contributed by atoms with E-state index in [1.807, 2.05) is 6.93 Å². The van der Waals surface area contributed by atoms with E-state index in [1.165, 1.54) is 0 Å². The number of hydrogen-bond acceptors (Lipinski definition) is 3. The second-order valence-electron chi connectivity index (χ2n) is 1.51.